The van der Waals surface area contributed by atoms with Gasteiger partial charge in [-0.1, -0.05) is 35.3 Å². The smallest absolute Gasteiger partial charge is 0.253 e. The minimum absolute atomic E-state index is 0.0348. The van der Waals surface area contributed by atoms with Gasteiger partial charge in [0.2, 0.25) is 0 Å². The van der Waals surface area contributed by atoms with Crippen LogP contribution < -0.4 is 10.5 Å². The summed E-state index contributed by atoms with van der Waals surface area (Å²) in [4.78, 5) is 20.8. The number of halogens is 3. The number of rotatable bonds is 9. The number of pyridine rings is 1. The van der Waals surface area contributed by atoms with Crippen LogP contribution in [0.2, 0.25) is 10.0 Å². The number of carbonyl (C=O) groups excluding carboxylic acids is 1. The Morgan fingerprint density at radius 2 is 1.77 bits per heavy atom. The van der Waals surface area contributed by atoms with Crippen LogP contribution >= 0.6 is 23.2 Å². The first-order chi connectivity index (χ1) is 16.6. The average Bonchev–Trinajstić information content (AvgIpc) is 2.82. The second kappa shape index (κ2) is 11.7. The predicted molar refractivity (Wildman–Crippen MR) is 140 cm³/mol. The normalized spacial score (nSPS) is 12.0. The van der Waals surface area contributed by atoms with E-state index in [1.54, 1.807) is 43.3 Å². The van der Waals surface area contributed by atoms with Crippen molar-refractivity contribution in [2.75, 3.05) is 40.0 Å². The number of carbonyl (C=O) groups is 1. The molecule has 1 aromatic heterocycles. The van der Waals surface area contributed by atoms with Gasteiger partial charge < -0.3 is 20.3 Å². The number of hydrogen-bond donors (Lipinski definition) is 1. The number of benzene rings is 2. The second-order valence-corrected chi connectivity index (χ2v) is 9.37. The molecule has 1 heterocycles. The van der Waals surface area contributed by atoms with Crippen LogP contribution in [0.4, 0.5) is 10.2 Å². The summed E-state index contributed by atoms with van der Waals surface area (Å²) in [7, 11) is 5.82. The van der Waals surface area contributed by atoms with E-state index in [9.17, 15) is 9.18 Å². The summed E-state index contributed by atoms with van der Waals surface area (Å²) in [6, 6.07) is 11.6. The quantitative estimate of drug-likeness (QED) is 0.355. The van der Waals surface area contributed by atoms with Crippen LogP contribution in [0.15, 0.2) is 48.7 Å². The van der Waals surface area contributed by atoms with Crippen molar-refractivity contribution < 1.29 is 13.9 Å². The van der Waals surface area contributed by atoms with Crippen LogP contribution in [-0.2, 0) is 0 Å². The zero-order chi connectivity index (χ0) is 25.7. The lowest BCUT2D eigenvalue weighted by Crippen LogP contribution is -2.29. The maximum Gasteiger partial charge on any atom is 0.253 e. The van der Waals surface area contributed by atoms with E-state index < -0.39 is 11.9 Å². The number of hydrogen-bond acceptors (Lipinski definition) is 5. The zero-order valence-corrected chi connectivity index (χ0v) is 21.7. The average molecular weight is 519 g/mol. The Morgan fingerprint density at radius 1 is 1.09 bits per heavy atom. The van der Waals surface area contributed by atoms with E-state index in [1.807, 2.05) is 26.2 Å². The summed E-state index contributed by atoms with van der Waals surface area (Å²) in [5.41, 5.74) is 8.54. The largest absolute Gasteiger partial charge is 0.482 e. The molecule has 3 rings (SSSR count). The van der Waals surface area contributed by atoms with Crippen molar-refractivity contribution in [2.45, 2.75) is 19.4 Å². The Kier molecular flexibility index (Phi) is 8.94. The van der Waals surface area contributed by atoms with Crippen molar-refractivity contribution in [1.29, 1.82) is 0 Å². The van der Waals surface area contributed by atoms with E-state index in [1.165, 1.54) is 12.1 Å². The van der Waals surface area contributed by atoms with Gasteiger partial charge in [-0.25, -0.2) is 9.37 Å². The van der Waals surface area contributed by atoms with E-state index in [0.717, 1.165) is 24.1 Å². The van der Waals surface area contributed by atoms with Gasteiger partial charge in [0.05, 0.1) is 5.02 Å². The van der Waals surface area contributed by atoms with Gasteiger partial charge in [-0.05, 0) is 69.9 Å². The van der Waals surface area contributed by atoms with Crippen molar-refractivity contribution in [1.82, 2.24) is 14.8 Å². The summed E-state index contributed by atoms with van der Waals surface area (Å²) in [5, 5.41) is 0.193. The van der Waals surface area contributed by atoms with Crippen molar-refractivity contribution >= 4 is 34.9 Å². The van der Waals surface area contributed by atoms with Crippen LogP contribution in [-0.4, -0.2) is 54.9 Å². The lowest BCUT2D eigenvalue weighted by molar-refractivity contribution is 0.0790. The maximum absolute atomic E-state index is 13.9. The maximum atomic E-state index is 13.9. The first kappa shape index (κ1) is 26.7. The molecule has 0 bridgehead atoms. The molecule has 35 heavy (non-hydrogen) atoms. The second-order valence-electron chi connectivity index (χ2n) is 8.59. The number of nitrogens with zero attached hydrogens (tertiary/aromatic N) is 3. The summed E-state index contributed by atoms with van der Waals surface area (Å²) in [6.07, 6.45) is 1.85. The molecule has 3 aromatic rings. The fourth-order valence-corrected chi connectivity index (χ4v) is 4.30. The molecule has 6 nitrogen and oxygen atoms in total. The molecule has 0 saturated heterocycles. The molecule has 0 aliphatic rings. The predicted octanol–water partition coefficient (Wildman–Crippen LogP) is 5.94. The Morgan fingerprint density at radius 3 is 2.43 bits per heavy atom. The molecule has 0 fully saturated rings. The van der Waals surface area contributed by atoms with Gasteiger partial charge in [-0.3, -0.25) is 4.79 Å². The van der Waals surface area contributed by atoms with Crippen LogP contribution in [0.25, 0.3) is 11.1 Å². The van der Waals surface area contributed by atoms with E-state index in [2.05, 4.69) is 9.88 Å². The Balaban J connectivity index is 1.76. The summed E-state index contributed by atoms with van der Waals surface area (Å²) in [5.74, 6) is -0.130. The lowest BCUT2D eigenvalue weighted by atomic mass is 10.0. The Bertz CT molecular complexity index is 1190. The van der Waals surface area contributed by atoms with Gasteiger partial charge in [0.1, 0.15) is 11.9 Å². The molecule has 1 amide bonds. The van der Waals surface area contributed by atoms with E-state index >= 15 is 0 Å². The number of nitrogen functional groups attached to an aromatic ring is 1. The number of ether oxygens (including phenoxy) is 1. The summed E-state index contributed by atoms with van der Waals surface area (Å²) >= 11 is 12.3. The first-order valence-corrected chi connectivity index (χ1v) is 11.9. The summed E-state index contributed by atoms with van der Waals surface area (Å²) < 4.78 is 19.9. The molecule has 0 radical (unpaired) electrons. The SMILES string of the molecule is CC(Oc1cc(-c2ccc(C(=O)N(C)CCCN(C)C)cc2)cnc1N)c1c(Cl)ccc(F)c1Cl. The number of amides is 1. The number of aromatic nitrogens is 1. The molecule has 0 aliphatic carbocycles. The fraction of sp³-hybridized carbons (Fsp3) is 0.308. The minimum Gasteiger partial charge on any atom is -0.482 e. The molecular formula is C26H29Cl2FN4O2. The minimum atomic E-state index is -0.673. The molecule has 0 saturated carbocycles. The van der Waals surface area contributed by atoms with Crippen molar-refractivity contribution in [3.8, 4) is 16.9 Å². The highest BCUT2D eigenvalue weighted by atomic mass is 35.5. The zero-order valence-electron chi connectivity index (χ0n) is 20.2. The van der Waals surface area contributed by atoms with Crippen LogP contribution in [0.1, 0.15) is 35.4 Å². The van der Waals surface area contributed by atoms with Gasteiger partial charge in [0, 0.05) is 41.5 Å². The van der Waals surface area contributed by atoms with Crippen LogP contribution in [0.3, 0.4) is 0 Å². The highest BCUT2D eigenvalue weighted by molar-refractivity contribution is 6.36. The molecule has 0 spiro atoms. The van der Waals surface area contributed by atoms with Crippen LogP contribution in [0, 0.1) is 5.82 Å². The van der Waals surface area contributed by atoms with Crippen molar-refractivity contribution in [3.63, 3.8) is 0 Å². The third kappa shape index (κ3) is 6.63. The Labute approximate surface area is 215 Å². The van der Waals surface area contributed by atoms with Crippen LogP contribution in [0.5, 0.6) is 5.75 Å². The standard InChI is InChI=1S/C26H29Cl2FN4O2/c1-16(23-20(27)10-11-21(29)24(23)28)35-22-14-19(15-31-25(22)30)17-6-8-18(9-7-17)26(34)33(4)13-5-12-32(2)3/h6-11,14-16H,5,12-13H2,1-4H3,(H2,30,31). The third-order valence-corrected chi connectivity index (χ3v) is 6.30. The van der Waals surface area contributed by atoms with Crippen molar-refractivity contribution in [3.05, 3.63) is 75.7 Å². The van der Waals surface area contributed by atoms with Gasteiger partial charge in [-0.2, -0.15) is 0 Å². The van der Waals surface area contributed by atoms with E-state index in [4.69, 9.17) is 33.7 Å². The molecule has 2 aromatic carbocycles. The fourth-order valence-electron chi connectivity index (χ4n) is 3.62. The van der Waals surface area contributed by atoms with Gasteiger partial charge in [0.25, 0.3) is 5.91 Å². The molecule has 9 heteroatoms. The van der Waals surface area contributed by atoms with Gasteiger partial charge in [0.15, 0.2) is 11.6 Å². The molecule has 186 valence electrons. The monoisotopic (exact) mass is 518 g/mol. The Hall–Kier alpha value is -2.87. The highest BCUT2D eigenvalue weighted by Gasteiger charge is 2.20. The van der Waals surface area contributed by atoms with Crippen molar-refractivity contribution in [2.24, 2.45) is 0 Å². The molecule has 0 aliphatic heterocycles. The number of anilines is 1. The van der Waals surface area contributed by atoms with E-state index in [-0.39, 0.29) is 16.7 Å². The first-order valence-electron chi connectivity index (χ1n) is 11.1. The van der Waals surface area contributed by atoms with E-state index in [0.29, 0.717) is 28.4 Å². The molecule has 1 unspecified atom stereocenters. The van der Waals surface area contributed by atoms with Gasteiger partial charge in [-0.15, -0.1) is 0 Å². The molecule has 2 N–H and O–H groups in total. The topological polar surface area (TPSA) is 71.7 Å². The molecular weight excluding hydrogens is 490 g/mol. The number of nitrogens with two attached hydrogens (primary N) is 1. The summed E-state index contributed by atoms with van der Waals surface area (Å²) in [6.45, 7) is 3.30. The molecule has 1 atom stereocenters. The third-order valence-electron chi connectivity index (χ3n) is 5.58. The lowest BCUT2D eigenvalue weighted by Gasteiger charge is -2.19. The highest BCUT2D eigenvalue weighted by Crippen LogP contribution is 2.37. The van der Waals surface area contributed by atoms with Gasteiger partial charge >= 0.3 is 0 Å².